The third-order valence-electron chi connectivity index (χ3n) is 4.08. The van der Waals surface area contributed by atoms with Crippen molar-refractivity contribution in [3.05, 3.63) is 56.8 Å². The van der Waals surface area contributed by atoms with Gasteiger partial charge >= 0.3 is 0 Å². The van der Waals surface area contributed by atoms with Crippen molar-refractivity contribution < 1.29 is 4.39 Å². The number of benzene rings is 1. The molecule has 3 aromatic rings. The first kappa shape index (κ1) is 21.0. The number of aliphatic imine (C=N–C) groups is 1. The number of thiophene rings is 1. The molecule has 0 radical (unpaired) electrons. The summed E-state index contributed by atoms with van der Waals surface area (Å²) in [7, 11) is 1.71. The van der Waals surface area contributed by atoms with Crippen molar-refractivity contribution in [2.75, 3.05) is 12.8 Å². The number of hydrogen-bond acceptors (Lipinski definition) is 6. The number of halogens is 3. The number of nitrogen functional groups attached to an aromatic ring is 1. The molecule has 1 aromatic carbocycles. The van der Waals surface area contributed by atoms with Gasteiger partial charge in [-0.1, -0.05) is 29.3 Å². The van der Waals surface area contributed by atoms with Crippen LogP contribution in [-0.2, 0) is 0 Å². The fourth-order valence-electron chi connectivity index (χ4n) is 2.92. The highest BCUT2D eigenvalue weighted by atomic mass is 35.5. The molecule has 0 saturated heterocycles. The van der Waals surface area contributed by atoms with E-state index < -0.39 is 12.1 Å². The van der Waals surface area contributed by atoms with Crippen LogP contribution in [-0.4, -0.2) is 18.4 Å². The van der Waals surface area contributed by atoms with Crippen LogP contribution in [0.15, 0.2) is 35.3 Å². The molecule has 5 N–H and O–H groups in total. The average Bonchev–Trinajstić information content (AvgIpc) is 3.04. The van der Waals surface area contributed by atoms with Crippen LogP contribution < -0.4 is 16.8 Å². The lowest BCUT2D eigenvalue weighted by Gasteiger charge is -2.13. The maximum absolute atomic E-state index is 13.9. The molecule has 2 aromatic heterocycles. The van der Waals surface area contributed by atoms with Crippen LogP contribution in [0.5, 0.6) is 0 Å². The first-order chi connectivity index (χ1) is 13.9. The molecule has 29 heavy (non-hydrogen) atoms. The molecule has 148 valence electrons. The molecule has 1 unspecified atom stereocenters. The molecule has 0 spiro atoms. The Hall–Kier alpha value is -2.70. The topological polar surface area (TPSA) is 113 Å². The van der Waals surface area contributed by atoms with Gasteiger partial charge in [-0.05, 0) is 25.2 Å². The SMILES string of the molecule is CNC(/N=C\N)c1sc(-c2cc(N)nc(F)c2)c(C#N)c1-c1ccc(Cl)cc1Cl. The number of nitrogens with two attached hydrogens (primary N) is 2. The van der Waals surface area contributed by atoms with Crippen molar-refractivity contribution in [1.82, 2.24) is 10.3 Å². The van der Waals surface area contributed by atoms with Crippen molar-refractivity contribution in [2.45, 2.75) is 6.17 Å². The van der Waals surface area contributed by atoms with Crippen LogP contribution in [0.2, 0.25) is 10.0 Å². The molecule has 0 fully saturated rings. The second-order valence-electron chi connectivity index (χ2n) is 5.87. The number of anilines is 1. The highest BCUT2D eigenvalue weighted by Gasteiger charge is 2.26. The Morgan fingerprint density at radius 2 is 2.10 bits per heavy atom. The number of pyridine rings is 1. The van der Waals surface area contributed by atoms with Gasteiger partial charge in [-0.3, -0.25) is 10.3 Å². The highest BCUT2D eigenvalue weighted by Crippen LogP contribution is 2.47. The zero-order chi connectivity index (χ0) is 21.1. The molecule has 0 bridgehead atoms. The molecule has 0 amide bonds. The van der Waals surface area contributed by atoms with E-state index >= 15 is 0 Å². The fraction of sp³-hybridized carbons (Fsp3) is 0.105. The summed E-state index contributed by atoms with van der Waals surface area (Å²) in [5.74, 6) is -0.731. The zero-order valence-electron chi connectivity index (χ0n) is 15.1. The molecule has 1 atom stereocenters. The van der Waals surface area contributed by atoms with E-state index in [2.05, 4.69) is 21.4 Å². The Labute approximate surface area is 180 Å². The molecule has 0 saturated carbocycles. The molecule has 0 aliphatic heterocycles. The second kappa shape index (κ2) is 8.76. The molecule has 0 aliphatic carbocycles. The van der Waals surface area contributed by atoms with E-state index in [1.807, 2.05) is 0 Å². The van der Waals surface area contributed by atoms with Crippen molar-refractivity contribution >= 4 is 46.7 Å². The number of nitrogens with zero attached hydrogens (tertiary/aromatic N) is 3. The van der Waals surface area contributed by atoms with Crippen LogP contribution in [0.4, 0.5) is 10.2 Å². The largest absolute Gasteiger partial charge is 0.390 e. The van der Waals surface area contributed by atoms with Crippen LogP contribution >= 0.6 is 34.5 Å². The van der Waals surface area contributed by atoms with E-state index in [0.717, 1.165) is 0 Å². The van der Waals surface area contributed by atoms with Crippen molar-refractivity contribution in [1.29, 1.82) is 5.26 Å². The normalized spacial score (nSPS) is 12.2. The average molecular weight is 449 g/mol. The van der Waals surface area contributed by atoms with Crippen LogP contribution in [0.1, 0.15) is 16.6 Å². The molecule has 10 heteroatoms. The van der Waals surface area contributed by atoms with E-state index in [1.54, 1.807) is 25.2 Å². The molecule has 6 nitrogen and oxygen atoms in total. The summed E-state index contributed by atoms with van der Waals surface area (Å²) in [5, 5.41) is 13.8. The monoisotopic (exact) mass is 448 g/mol. The van der Waals surface area contributed by atoms with Crippen molar-refractivity contribution in [3.63, 3.8) is 0 Å². The summed E-state index contributed by atoms with van der Waals surface area (Å²) in [5.41, 5.74) is 13.1. The summed E-state index contributed by atoms with van der Waals surface area (Å²) in [6, 6.07) is 9.93. The molecule has 0 aliphatic rings. The van der Waals surface area contributed by atoms with Crippen molar-refractivity contribution in [3.8, 4) is 27.6 Å². The summed E-state index contributed by atoms with van der Waals surface area (Å²) in [6.45, 7) is 0. The van der Waals surface area contributed by atoms with E-state index in [1.165, 1.54) is 29.8 Å². The Morgan fingerprint density at radius 1 is 1.34 bits per heavy atom. The molecular weight excluding hydrogens is 434 g/mol. The van der Waals surface area contributed by atoms with Gasteiger partial charge in [0.25, 0.3) is 0 Å². The Morgan fingerprint density at radius 3 is 2.69 bits per heavy atom. The van der Waals surface area contributed by atoms with E-state index in [0.29, 0.717) is 42.1 Å². The lowest BCUT2D eigenvalue weighted by molar-refractivity contribution is 0.586. The Kier molecular flexibility index (Phi) is 6.35. The van der Waals surface area contributed by atoms with Gasteiger partial charge in [0.2, 0.25) is 5.95 Å². The zero-order valence-corrected chi connectivity index (χ0v) is 17.4. The lowest BCUT2D eigenvalue weighted by atomic mass is 9.98. The van der Waals surface area contributed by atoms with E-state index in [9.17, 15) is 9.65 Å². The Balaban J connectivity index is 2.38. The smallest absolute Gasteiger partial charge is 0.215 e. The third-order valence-corrected chi connectivity index (χ3v) is 5.92. The molecule has 3 rings (SSSR count). The van der Waals surface area contributed by atoms with Crippen LogP contribution in [0, 0.1) is 17.3 Å². The number of nitrogens with one attached hydrogen (secondary N) is 1. The number of aromatic nitrogens is 1. The summed E-state index contributed by atoms with van der Waals surface area (Å²) in [4.78, 5) is 8.98. The fourth-order valence-corrected chi connectivity index (χ4v) is 4.73. The predicted octanol–water partition coefficient (Wildman–Crippen LogP) is 4.58. The minimum atomic E-state index is -0.741. The van der Waals surface area contributed by atoms with Crippen molar-refractivity contribution in [2.24, 2.45) is 10.7 Å². The van der Waals surface area contributed by atoms with Gasteiger partial charge in [-0.15, -0.1) is 11.3 Å². The minimum absolute atomic E-state index is 0.00932. The number of rotatable bonds is 5. The van der Waals surface area contributed by atoms with Crippen LogP contribution in [0.25, 0.3) is 21.6 Å². The summed E-state index contributed by atoms with van der Waals surface area (Å²) < 4.78 is 13.9. The Bertz CT molecular complexity index is 1120. The molecule has 2 heterocycles. The van der Waals surface area contributed by atoms with Gasteiger partial charge in [0.15, 0.2) is 0 Å². The summed E-state index contributed by atoms with van der Waals surface area (Å²) in [6.07, 6.45) is 0.626. The quantitative estimate of drug-likeness (QED) is 0.300. The van der Waals surface area contributed by atoms with Gasteiger partial charge in [-0.25, -0.2) is 4.98 Å². The van der Waals surface area contributed by atoms with Gasteiger partial charge in [0.05, 0.1) is 21.7 Å². The maximum Gasteiger partial charge on any atom is 0.215 e. The first-order valence-corrected chi connectivity index (χ1v) is 9.83. The van der Waals surface area contributed by atoms with Gasteiger partial charge in [0, 0.05) is 32.8 Å². The standard InChI is InChI=1S/C19H15Cl2FN6S/c1-26-19(27-8-24)18-16(11-3-2-10(20)6-13(11)21)12(7-23)17(29-18)9-4-14(22)28-15(25)5-9/h2-6,8,19,26H,1H3,(H2,24,27)(H2,25,28). The van der Waals surface area contributed by atoms with Gasteiger partial charge in [-0.2, -0.15) is 9.65 Å². The highest BCUT2D eigenvalue weighted by molar-refractivity contribution is 7.16. The van der Waals surface area contributed by atoms with Gasteiger partial charge in [0.1, 0.15) is 18.1 Å². The number of nitriles is 1. The maximum atomic E-state index is 13.9. The number of hydrogen-bond donors (Lipinski definition) is 3. The molecular formula is C19H15Cl2FN6S. The van der Waals surface area contributed by atoms with E-state index in [4.69, 9.17) is 34.7 Å². The second-order valence-corrected chi connectivity index (χ2v) is 7.77. The minimum Gasteiger partial charge on any atom is -0.390 e. The van der Waals surface area contributed by atoms with Gasteiger partial charge < -0.3 is 11.5 Å². The van der Waals surface area contributed by atoms with Crippen LogP contribution in [0.3, 0.4) is 0 Å². The lowest BCUT2D eigenvalue weighted by Crippen LogP contribution is -2.15. The van der Waals surface area contributed by atoms with E-state index in [-0.39, 0.29) is 5.82 Å². The summed E-state index contributed by atoms with van der Waals surface area (Å²) >= 11 is 13.7. The predicted molar refractivity (Wildman–Crippen MR) is 117 cm³/mol. The third kappa shape index (κ3) is 4.18. The first-order valence-electron chi connectivity index (χ1n) is 8.25.